The number of amides is 1. The third-order valence-electron chi connectivity index (χ3n) is 4.43. The van der Waals surface area contributed by atoms with E-state index in [9.17, 15) is 4.79 Å². The fourth-order valence-electron chi connectivity index (χ4n) is 2.95. The first kappa shape index (κ1) is 19.8. The highest BCUT2D eigenvalue weighted by molar-refractivity contribution is 7.99. The van der Waals surface area contributed by atoms with Crippen LogP contribution in [0.2, 0.25) is 0 Å². The second-order valence-electron chi connectivity index (χ2n) is 6.55. The van der Waals surface area contributed by atoms with E-state index in [1.165, 1.54) is 11.8 Å². The van der Waals surface area contributed by atoms with Crippen LogP contribution in [0.15, 0.2) is 64.5 Å². The molecule has 4 aromatic rings. The van der Waals surface area contributed by atoms with Gasteiger partial charge in [-0.15, -0.1) is 10.2 Å². The number of thioether (sulfide) groups is 1. The smallest absolute Gasteiger partial charge is 0.276 e. The third kappa shape index (κ3) is 4.41. The molecule has 0 aliphatic carbocycles. The van der Waals surface area contributed by atoms with Crippen molar-refractivity contribution in [3.63, 3.8) is 0 Å². The topological polar surface area (TPSA) is 98.7 Å². The monoisotopic (exact) mass is 420 g/mol. The predicted octanol–water partition coefficient (Wildman–Crippen LogP) is 4.06. The fraction of sp³-hybridized carbons (Fsp3) is 0.190. The Balaban J connectivity index is 1.34. The number of rotatable bonds is 7. The first-order chi connectivity index (χ1) is 14.6. The summed E-state index contributed by atoms with van der Waals surface area (Å²) in [4.78, 5) is 16.5. The Morgan fingerprint density at radius 3 is 2.73 bits per heavy atom. The molecule has 4 rings (SSSR count). The molecule has 0 unspecified atom stereocenters. The van der Waals surface area contributed by atoms with E-state index in [0.717, 1.165) is 28.3 Å². The van der Waals surface area contributed by atoms with Gasteiger partial charge in [-0.05, 0) is 38.1 Å². The Labute approximate surface area is 177 Å². The number of carbonyl (C=O) groups excluding carboxylic acids is 1. The van der Waals surface area contributed by atoms with Crippen LogP contribution in [0.5, 0.6) is 0 Å². The summed E-state index contributed by atoms with van der Waals surface area (Å²) in [6, 6.07) is 13.5. The normalized spacial score (nSPS) is 10.9. The number of benzene rings is 1. The highest BCUT2D eigenvalue weighted by Crippen LogP contribution is 2.25. The van der Waals surface area contributed by atoms with Crippen LogP contribution in [0.1, 0.15) is 17.8 Å². The summed E-state index contributed by atoms with van der Waals surface area (Å²) in [5.41, 5.74) is 4.12. The molecule has 0 spiro atoms. The van der Waals surface area contributed by atoms with E-state index < -0.39 is 0 Å². The number of aromatic nitrogens is 5. The van der Waals surface area contributed by atoms with E-state index in [1.807, 2.05) is 54.9 Å². The maximum absolute atomic E-state index is 12.4. The first-order valence-corrected chi connectivity index (χ1v) is 10.4. The van der Waals surface area contributed by atoms with Crippen LogP contribution in [0.4, 0.5) is 5.69 Å². The van der Waals surface area contributed by atoms with Crippen molar-refractivity contribution in [1.82, 2.24) is 25.0 Å². The Morgan fingerprint density at radius 2 is 1.97 bits per heavy atom. The molecule has 0 bridgehead atoms. The lowest BCUT2D eigenvalue weighted by molar-refractivity contribution is -0.115. The zero-order valence-corrected chi connectivity index (χ0v) is 17.4. The van der Waals surface area contributed by atoms with E-state index in [0.29, 0.717) is 23.3 Å². The maximum Gasteiger partial charge on any atom is 0.276 e. The Hall–Kier alpha value is -3.46. The number of aryl methyl sites for hydroxylation is 1. The highest BCUT2D eigenvalue weighted by atomic mass is 32.2. The molecule has 8 nitrogen and oxygen atoms in total. The molecule has 1 N–H and O–H groups in total. The van der Waals surface area contributed by atoms with Crippen molar-refractivity contribution in [3.8, 4) is 17.1 Å². The summed E-state index contributed by atoms with van der Waals surface area (Å²) in [7, 11) is 0. The Bertz CT molecular complexity index is 1140. The Kier molecular flexibility index (Phi) is 5.89. The molecular formula is C21H20N6O2S. The molecule has 0 saturated carbocycles. The number of hydrogen-bond acceptors (Lipinski definition) is 7. The molecule has 1 aromatic carbocycles. The summed E-state index contributed by atoms with van der Waals surface area (Å²) in [5, 5.41) is 16.0. The van der Waals surface area contributed by atoms with Crippen molar-refractivity contribution in [1.29, 1.82) is 0 Å². The molecule has 1 amide bonds. The average molecular weight is 420 g/mol. The summed E-state index contributed by atoms with van der Waals surface area (Å²) in [6.45, 7) is 3.82. The minimum atomic E-state index is -0.0895. The number of pyridine rings is 1. The van der Waals surface area contributed by atoms with Crippen molar-refractivity contribution in [2.45, 2.75) is 25.5 Å². The molecule has 0 atom stereocenters. The average Bonchev–Trinajstić information content (AvgIpc) is 3.35. The van der Waals surface area contributed by atoms with Gasteiger partial charge in [0.15, 0.2) is 0 Å². The van der Waals surface area contributed by atoms with Crippen LogP contribution >= 0.6 is 11.8 Å². The number of para-hydroxylation sites is 1. The van der Waals surface area contributed by atoms with Crippen LogP contribution < -0.4 is 5.32 Å². The van der Waals surface area contributed by atoms with Gasteiger partial charge in [0.05, 0.1) is 28.3 Å². The molecule has 152 valence electrons. The molecule has 0 saturated heterocycles. The number of carbonyl (C=O) groups is 1. The third-order valence-corrected chi connectivity index (χ3v) is 5.25. The quantitative estimate of drug-likeness (QED) is 0.450. The zero-order chi connectivity index (χ0) is 20.9. The van der Waals surface area contributed by atoms with Gasteiger partial charge in [-0.3, -0.25) is 9.78 Å². The number of hydrogen-bond donors (Lipinski definition) is 1. The van der Waals surface area contributed by atoms with Crippen molar-refractivity contribution < 1.29 is 9.21 Å². The summed E-state index contributed by atoms with van der Waals surface area (Å²) < 4.78 is 7.45. The second kappa shape index (κ2) is 8.91. The van der Waals surface area contributed by atoms with Crippen molar-refractivity contribution in [2.75, 3.05) is 11.1 Å². The van der Waals surface area contributed by atoms with Gasteiger partial charge in [0.25, 0.3) is 5.22 Å². The molecule has 0 fully saturated rings. The SMILES string of the molecule is Cc1nn(-c2ccccc2)c(C)c1NC(=O)CCSc1nnc(-c2cccnc2)o1. The fourth-order valence-corrected chi connectivity index (χ4v) is 3.65. The van der Waals surface area contributed by atoms with E-state index in [-0.39, 0.29) is 5.91 Å². The van der Waals surface area contributed by atoms with Crippen LogP contribution in [-0.4, -0.2) is 36.6 Å². The van der Waals surface area contributed by atoms with Gasteiger partial charge in [0, 0.05) is 24.6 Å². The standard InChI is InChI=1S/C21H20N6O2S/c1-14-19(15(2)27(26-14)17-8-4-3-5-9-17)23-18(28)10-12-30-21-25-24-20(29-21)16-7-6-11-22-13-16/h3-9,11,13H,10,12H2,1-2H3,(H,23,28). The van der Waals surface area contributed by atoms with Gasteiger partial charge in [0.2, 0.25) is 11.8 Å². The van der Waals surface area contributed by atoms with Gasteiger partial charge in [-0.25, -0.2) is 4.68 Å². The Morgan fingerprint density at radius 1 is 1.13 bits per heavy atom. The van der Waals surface area contributed by atoms with E-state index >= 15 is 0 Å². The number of nitrogens with zero attached hydrogens (tertiary/aromatic N) is 5. The molecule has 0 radical (unpaired) electrons. The highest BCUT2D eigenvalue weighted by Gasteiger charge is 2.16. The van der Waals surface area contributed by atoms with E-state index in [1.54, 1.807) is 18.5 Å². The van der Waals surface area contributed by atoms with Gasteiger partial charge in [-0.1, -0.05) is 30.0 Å². The maximum atomic E-state index is 12.4. The van der Waals surface area contributed by atoms with E-state index in [2.05, 4.69) is 25.6 Å². The van der Waals surface area contributed by atoms with Crippen LogP contribution in [0, 0.1) is 13.8 Å². The lowest BCUT2D eigenvalue weighted by Gasteiger charge is -2.06. The second-order valence-corrected chi connectivity index (χ2v) is 7.60. The van der Waals surface area contributed by atoms with Crippen LogP contribution in [0.25, 0.3) is 17.1 Å². The molecule has 0 aliphatic rings. The molecule has 3 heterocycles. The zero-order valence-electron chi connectivity index (χ0n) is 16.6. The predicted molar refractivity (Wildman–Crippen MR) is 115 cm³/mol. The lowest BCUT2D eigenvalue weighted by Crippen LogP contribution is -2.13. The minimum Gasteiger partial charge on any atom is -0.411 e. The van der Waals surface area contributed by atoms with Gasteiger partial charge in [-0.2, -0.15) is 5.10 Å². The summed E-state index contributed by atoms with van der Waals surface area (Å²) in [5.74, 6) is 0.841. The summed E-state index contributed by atoms with van der Waals surface area (Å²) in [6.07, 6.45) is 3.65. The van der Waals surface area contributed by atoms with E-state index in [4.69, 9.17) is 4.42 Å². The molecule has 3 aromatic heterocycles. The van der Waals surface area contributed by atoms with Crippen molar-refractivity contribution >= 4 is 23.4 Å². The molecule has 0 aliphatic heterocycles. The largest absolute Gasteiger partial charge is 0.411 e. The first-order valence-electron chi connectivity index (χ1n) is 9.40. The number of anilines is 1. The van der Waals surface area contributed by atoms with Gasteiger partial charge >= 0.3 is 0 Å². The molecular weight excluding hydrogens is 400 g/mol. The van der Waals surface area contributed by atoms with Crippen molar-refractivity contribution in [3.05, 3.63) is 66.2 Å². The molecule has 9 heteroatoms. The minimum absolute atomic E-state index is 0.0895. The molecule has 30 heavy (non-hydrogen) atoms. The number of nitrogens with one attached hydrogen (secondary N) is 1. The van der Waals surface area contributed by atoms with Gasteiger partial charge in [0.1, 0.15) is 0 Å². The van der Waals surface area contributed by atoms with Crippen LogP contribution in [0.3, 0.4) is 0 Å². The van der Waals surface area contributed by atoms with Crippen LogP contribution in [-0.2, 0) is 4.79 Å². The van der Waals surface area contributed by atoms with Gasteiger partial charge < -0.3 is 9.73 Å². The van der Waals surface area contributed by atoms with Crippen molar-refractivity contribution in [2.24, 2.45) is 0 Å². The summed E-state index contributed by atoms with van der Waals surface area (Å²) >= 11 is 1.34. The lowest BCUT2D eigenvalue weighted by atomic mass is 10.3.